The van der Waals surface area contributed by atoms with Gasteiger partial charge in [-0.3, -0.25) is 9.59 Å². The van der Waals surface area contributed by atoms with E-state index in [4.69, 9.17) is 4.74 Å². The quantitative estimate of drug-likeness (QED) is 0.639. The Morgan fingerprint density at radius 3 is 2.38 bits per heavy atom. The predicted molar refractivity (Wildman–Crippen MR) is 128 cm³/mol. The lowest BCUT2D eigenvalue weighted by Crippen LogP contribution is -2.45. The molecular weight excluding hydrogens is 474 g/mol. The van der Waals surface area contributed by atoms with E-state index in [1.807, 2.05) is 17.0 Å². The summed E-state index contributed by atoms with van der Waals surface area (Å²) in [5.74, 6) is -0.187. The van der Waals surface area contributed by atoms with Crippen molar-refractivity contribution < 1.29 is 22.7 Å². The zero-order valence-corrected chi connectivity index (χ0v) is 20.7. The van der Waals surface area contributed by atoms with Crippen LogP contribution in [0.1, 0.15) is 34.3 Å². The van der Waals surface area contributed by atoms with Crippen LogP contribution in [-0.4, -0.2) is 80.3 Å². The van der Waals surface area contributed by atoms with Gasteiger partial charge in [-0.25, -0.2) is 8.42 Å². The van der Waals surface area contributed by atoms with Gasteiger partial charge < -0.3 is 14.5 Å². The minimum Gasteiger partial charge on any atom is -0.378 e. The fourth-order valence-electron chi connectivity index (χ4n) is 4.93. The summed E-state index contributed by atoms with van der Waals surface area (Å²) in [6.45, 7) is 3.99. The number of rotatable bonds is 4. The topological polar surface area (TPSA) is 87.2 Å². The molecule has 3 aliphatic rings. The molecule has 0 bridgehead atoms. The molecule has 34 heavy (non-hydrogen) atoms. The second-order valence-corrected chi connectivity index (χ2v) is 12.1. The zero-order valence-electron chi connectivity index (χ0n) is 19.0. The summed E-state index contributed by atoms with van der Waals surface area (Å²) in [6, 6.07) is 9.70. The molecule has 10 heteroatoms. The van der Waals surface area contributed by atoms with Gasteiger partial charge in [0, 0.05) is 50.6 Å². The van der Waals surface area contributed by atoms with Crippen molar-refractivity contribution in [2.75, 3.05) is 45.9 Å². The van der Waals surface area contributed by atoms with E-state index in [0.29, 0.717) is 70.9 Å². The lowest BCUT2D eigenvalue weighted by Gasteiger charge is -2.35. The van der Waals surface area contributed by atoms with Gasteiger partial charge in [0.05, 0.1) is 18.8 Å². The van der Waals surface area contributed by atoms with Crippen molar-refractivity contribution in [3.63, 3.8) is 0 Å². The summed E-state index contributed by atoms with van der Waals surface area (Å²) < 4.78 is 33.3. The lowest BCUT2D eigenvalue weighted by molar-refractivity contribution is -0.137. The highest BCUT2D eigenvalue weighted by molar-refractivity contribution is 7.91. The Morgan fingerprint density at radius 1 is 0.941 bits per heavy atom. The number of hydrogen-bond acceptors (Lipinski definition) is 6. The van der Waals surface area contributed by atoms with Crippen molar-refractivity contribution in [3.8, 4) is 0 Å². The first-order valence-electron chi connectivity index (χ1n) is 11.7. The number of benzene rings is 1. The van der Waals surface area contributed by atoms with Gasteiger partial charge in [0.1, 0.15) is 4.21 Å². The second-order valence-electron chi connectivity index (χ2n) is 9.02. The van der Waals surface area contributed by atoms with Gasteiger partial charge >= 0.3 is 0 Å². The lowest BCUT2D eigenvalue weighted by atomic mass is 9.94. The average molecular weight is 504 g/mol. The molecule has 0 atom stereocenters. The highest BCUT2D eigenvalue weighted by Crippen LogP contribution is 2.30. The van der Waals surface area contributed by atoms with E-state index in [1.54, 1.807) is 10.3 Å². The van der Waals surface area contributed by atoms with E-state index >= 15 is 0 Å². The molecule has 2 fully saturated rings. The first kappa shape index (κ1) is 23.5. The van der Waals surface area contributed by atoms with Crippen LogP contribution in [-0.2, 0) is 32.5 Å². The molecule has 1 aromatic carbocycles. The van der Waals surface area contributed by atoms with Gasteiger partial charge in [-0.1, -0.05) is 24.3 Å². The van der Waals surface area contributed by atoms with Crippen molar-refractivity contribution in [1.82, 2.24) is 14.1 Å². The highest BCUT2D eigenvalue weighted by Gasteiger charge is 2.35. The van der Waals surface area contributed by atoms with Crippen LogP contribution in [0, 0.1) is 5.92 Å². The number of amides is 2. The Hall–Kier alpha value is -2.27. The summed E-state index contributed by atoms with van der Waals surface area (Å²) in [5.41, 5.74) is 2.90. The standard InChI is InChI=1S/C24H29N3O5S2/c28-23(26-8-5-18-3-1-2-4-20(18)16-26)19-6-9-27(10-7-19)34(30,31)22-15-21(17-33-22)24(29)25-11-13-32-14-12-25/h1-4,15,17,19H,5-14,16H2. The molecule has 0 unspecified atom stereocenters. The number of piperidine rings is 1. The molecule has 0 saturated carbocycles. The number of sulfonamides is 1. The molecular formula is C24H29N3O5S2. The Balaban J connectivity index is 1.19. The van der Waals surface area contributed by atoms with Crippen molar-refractivity contribution in [2.24, 2.45) is 5.92 Å². The Kier molecular flexibility index (Phi) is 6.74. The first-order valence-corrected chi connectivity index (χ1v) is 14.1. The smallest absolute Gasteiger partial charge is 0.254 e. The molecule has 0 aliphatic carbocycles. The molecule has 2 saturated heterocycles. The molecule has 4 heterocycles. The van der Waals surface area contributed by atoms with Gasteiger partial charge in [-0.15, -0.1) is 11.3 Å². The van der Waals surface area contributed by atoms with E-state index in [0.717, 1.165) is 17.8 Å². The number of thiophene rings is 1. The molecule has 0 spiro atoms. The molecule has 2 amide bonds. The second kappa shape index (κ2) is 9.77. The van der Waals surface area contributed by atoms with Crippen molar-refractivity contribution in [1.29, 1.82) is 0 Å². The number of morpholine rings is 1. The molecule has 1 aromatic heterocycles. The minimum absolute atomic E-state index is 0.126. The molecule has 0 radical (unpaired) electrons. The predicted octanol–water partition coefficient (Wildman–Crippen LogP) is 2.21. The van der Waals surface area contributed by atoms with Crippen LogP contribution < -0.4 is 0 Å². The van der Waals surface area contributed by atoms with Crippen molar-refractivity contribution in [2.45, 2.75) is 30.0 Å². The van der Waals surface area contributed by atoms with Crippen LogP contribution in [0.15, 0.2) is 39.9 Å². The number of nitrogens with zero attached hydrogens (tertiary/aromatic N) is 3. The summed E-state index contributed by atoms with van der Waals surface area (Å²) in [7, 11) is -3.69. The van der Waals surface area contributed by atoms with E-state index in [2.05, 4.69) is 12.1 Å². The summed E-state index contributed by atoms with van der Waals surface area (Å²) in [4.78, 5) is 29.4. The molecule has 5 rings (SSSR count). The fraction of sp³-hybridized carbons (Fsp3) is 0.500. The van der Waals surface area contributed by atoms with Gasteiger partial charge in [-0.05, 0) is 36.5 Å². The van der Waals surface area contributed by atoms with Gasteiger partial charge in [0.25, 0.3) is 15.9 Å². The normalized spacial score (nSPS) is 20.2. The number of carbonyl (C=O) groups is 2. The Morgan fingerprint density at radius 2 is 1.65 bits per heavy atom. The highest BCUT2D eigenvalue weighted by atomic mass is 32.2. The van der Waals surface area contributed by atoms with Crippen LogP contribution >= 0.6 is 11.3 Å². The first-order chi connectivity index (χ1) is 16.4. The van der Waals surface area contributed by atoms with E-state index < -0.39 is 10.0 Å². The maximum absolute atomic E-state index is 13.2. The Labute approximate surface area is 204 Å². The van der Waals surface area contributed by atoms with Gasteiger partial charge in [0.15, 0.2) is 0 Å². The summed E-state index contributed by atoms with van der Waals surface area (Å²) in [5, 5.41) is 1.62. The third kappa shape index (κ3) is 4.64. The van der Waals surface area contributed by atoms with Crippen LogP contribution in [0.25, 0.3) is 0 Å². The zero-order chi connectivity index (χ0) is 23.7. The SMILES string of the molecule is O=C(c1csc(S(=O)(=O)N2CCC(C(=O)N3CCc4ccccc4C3)CC2)c1)N1CCOCC1. The molecule has 2 aromatic rings. The summed E-state index contributed by atoms with van der Waals surface area (Å²) in [6.07, 6.45) is 1.89. The van der Waals surface area contributed by atoms with E-state index in [9.17, 15) is 18.0 Å². The van der Waals surface area contributed by atoms with Crippen LogP contribution in [0.3, 0.4) is 0 Å². The molecule has 182 valence electrons. The number of hydrogen-bond donors (Lipinski definition) is 0. The molecule has 8 nitrogen and oxygen atoms in total. The van der Waals surface area contributed by atoms with Crippen LogP contribution in [0.2, 0.25) is 0 Å². The number of carbonyl (C=O) groups excluding carboxylic acids is 2. The minimum atomic E-state index is -3.69. The third-order valence-electron chi connectivity index (χ3n) is 6.96. The molecule has 0 N–H and O–H groups in total. The maximum Gasteiger partial charge on any atom is 0.254 e. The number of ether oxygens (including phenoxy) is 1. The average Bonchev–Trinajstić information content (AvgIpc) is 3.39. The largest absolute Gasteiger partial charge is 0.378 e. The number of fused-ring (bicyclic) bond motifs is 1. The van der Waals surface area contributed by atoms with Crippen LogP contribution in [0.4, 0.5) is 0 Å². The maximum atomic E-state index is 13.2. The van der Waals surface area contributed by atoms with E-state index in [1.165, 1.54) is 21.5 Å². The van der Waals surface area contributed by atoms with Gasteiger partial charge in [0.2, 0.25) is 5.91 Å². The monoisotopic (exact) mass is 503 g/mol. The van der Waals surface area contributed by atoms with Crippen molar-refractivity contribution >= 4 is 33.2 Å². The fourth-order valence-corrected chi connectivity index (χ4v) is 7.70. The van der Waals surface area contributed by atoms with E-state index in [-0.39, 0.29) is 21.9 Å². The summed E-state index contributed by atoms with van der Waals surface area (Å²) >= 11 is 1.08. The Bertz CT molecular complexity index is 1160. The van der Waals surface area contributed by atoms with Crippen LogP contribution in [0.5, 0.6) is 0 Å². The third-order valence-corrected chi connectivity index (χ3v) is 10.3. The molecule has 3 aliphatic heterocycles. The van der Waals surface area contributed by atoms with Crippen molar-refractivity contribution in [3.05, 3.63) is 52.4 Å². The van der Waals surface area contributed by atoms with Gasteiger partial charge in [-0.2, -0.15) is 4.31 Å².